The lowest BCUT2D eigenvalue weighted by molar-refractivity contribution is -0.143. The molecule has 6 heteroatoms. The highest BCUT2D eigenvalue weighted by molar-refractivity contribution is 7.80. The first-order valence-electron chi connectivity index (χ1n) is 4.75. The molecule has 0 bridgehead atoms. The molecule has 0 rings (SSSR count). The zero-order valence-corrected chi connectivity index (χ0v) is 9.04. The van der Waals surface area contributed by atoms with Gasteiger partial charge in [-0.1, -0.05) is 13.8 Å². The van der Waals surface area contributed by atoms with Crippen molar-refractivity contribution < 1.29 is 16.1 Å². The average Bonchev–Trinajstić information content (AvgIpc) is 2.15. The van der Waals surface area contributed by atoms with Crippen LogP contribution >= 0.6 is 12.6 Å². The monoisotopic (exact) mass is 221 g/mol. The second-order valence-corrected chi connectivity index (χ2v) is 3.67. The van der Waals surface area contributed by atoms with E-state index in [1.807, 2.05) is 5.73 Å². The molecule has 0 saturated heterocycles. The van der Waals surface area contributed by atoms with E-state index in [2.05, 4.69) is 17.9 Å². The molecule has 0 unspecified atom stereocenters. The molecular weight excluding hydrogens is 204 g/mol. The van der Waals surface area contributed by atoms with Gasteiger partial charge in [-0.3, -0.25) is 4.79 Å². The smallest absolute Gasteiger partial charge is 0.326 e. The van der Waals surface area contributed by atoms with Crippen LogP contribution in [0, 0.1) is 5.92 Å². The highest BCUT2D eigenvalue weighted by Crippen LogP contribution is 2.01. The van der Waals surface area contributed by atoms with Crippen molar-refractivity contribution in [2.75, 3.05) is 5.75 Å². The summed E-state index contributed by atoms with van der Waals surface area (Å²) in [4.78, 5) is 22.2. The van der Waals surface area contributed by atoms with Crippen molar-refractivity contribution in [2.24, 2.45) is 11.6 Å². The fraction of sp³-hybridized carbons (Fsp3) is 0.750. The SMILES string of the molecule is [2H]N[C@@H](CS)C(=O)N[C@H](C(=O)O)C(C)C. The summed E-state index contributed by atoms with van der Waals surface area (Å²) in [6.45, 7) is 3.39. The van der Waals surface area contributed by atoms with Gasteiger partial charge in [-0.25, -0.2) is 4.79 Å². The van der Waals surface area contributed by atoms with Crippen LogP contribution in [0.2, 0.25) is 1.41 Å². The van der Waals surface area contributed by atoms with Crippen molar-refractivity contribution in [3.63, 3.8) is 0 Å². The van der Waals surface area contributed by atoms with Crippen LogP contribution in [-0.2, 0) is 9.59 Å². The van der Waals surface area contributed by atoms with Crippen LogP contribution < -0.4 is 11.0 Å². The van der Waals surface area contributed by atoms with Gasteiger partial charge in [-0.2, -0.15) is 12.6 Å². The molecule has 1 amide bonds. The van der Waals surface area contributed by atoms with Crippen LogP contribution in [-0.4, -0.2) is 34.8 Å². The summed E-state index contributed by atoms with van der Waals surface area (Å²) in [5.41, 5.74) is 2.00. The van der Waals surface area contributed by atoms with E-state index < -0.39 is 24.0 Å². The summed E-state index contributed by atoms with van der Waals surface area (Å²) in [5.74, 6) is -1.68. The number of rotatable bonds is 6. The Balaban J connectivity index is 4.41. The number of carbonyl (C=O) groups is 2. The molecule has 0 radical (unpaired) electrons. The maximum atomic E-state index is 11.4. The Morgan fingerprint density at radius 3 is 2.50 bits per heavy atom. The van der Waals surface area contributed by atoms with E-state index in [9.17, 15) is 9.59 Å². The highest BCUT2D eigenvalue weighted by Gasteiger charge is 2.25. The van der Waals surface area contributed by atoms with Crippen LogP contribution in [0.4, 0.5) is 0 Å². The van der Waals surface area contributed by atoms with Crippen molar-refractivity contribution in [3.8, 4) is 0 Å². The van der Waals surface area contributed by atoms with Gasteiger partial charge in [0, 0.05) is 5.75 Å². The number of nitrogens with one attached hydrogen (secondary N) is 1. The summed E-state index contributed by atoms with van der Waals surface area (Å²) in [5, 5.41) is 11.2. The van der Waals surface area contributed by atoms with Crippen LogP contribution in [0.25, 0.3) is 0 Å². The normalized spacial score (nSPS) is 15.9. The van der Waals surface area contributed by atoms with Crippen LogP contribution in [0.3, 0.4) is 0 Å². The Morgan fingerprint density at radius 2 is 2.21 bits per heavy atom. The number of nitrogens with two attached hydrogens (primary N) is 1. The average molecular weight is 221 g/mol. The van der Waals surface area contributed by atoms with E-state index in [4.69, 9.17) is 6.52 Å². The molecule has 0 aromatic rings. The van der Waals surface area contributed by atoms with Gasteiger partial charge in [-0.05, 0) is 5.92 Å². The predicted octanol–water partition coefficient (Wildman–Crippen LogP) is -0.531. The minimum Gasteiger partial charge on any atom is -0.480 e. The molecule has 4 N–H and O–H groups in total. The standard InChI is InChI=1S/C8H16N2O3S/c1-4(2)6(8(12)13)10-7(11)5(9)3-14/h4-6,14H,3,9H2,1-2H3,(H,10,11)(H,12,13)/t5-,6-/m0/s1/i/hD. The lowest BCUT2D eigenvalue weighted by Gasteiger charge is -2.19. The number of carboxylic acid groups (broad SMARTS) is 1. The lowest BCUT2D eigenvalue weighted by atomic mass is 10.0. The van der Waals surface area contributed by atoms with Gasteiger partial charge < -0.3 is 16.2 Å². The predicted molar refractivity (Wildman–Crippen MR) is 56.2 cm³/mol. The van der Waals surface area contributed by atoms with Gasteiger partial charge in [-0.15, -0.1) is 0 Å². The molecule has 0 saturated carbocycles. The maximum absolute atomic E-state index is 11.4. The zero-order valence-electron chi connectivity index (χ0n) is 9.15. The third kappa shape index (κ3) is 3.97. The van der Waals surface area contributed by atoms with E-state index >= 15 is 0 Å². The number of carboxylic acids is 1. The van der Waals surface area contributed by atoms with Crippen molar-refractivity contribution in [1.29, 1.82) is 0 Å². The zero-order chi connectivity index (χ0) is 12.0. The molecule has 0 aliphatic heterocycles. The quantitative estimate of drug-likeness (QED) is 0.454. The number of carbonyl (C=O) groups excluding carboxylic acids is 1. The summed E-state index contributed by atoms with van der Waals surface area (Å²) < 4.78 is 6.84. The molecule has 82 valence electrons. The summed E-state index contributed by atoms with van der Waals surface area (Å²) in [6.07, 6.45) is 0. The first-order chi connectivity index (χ1) is 6.93. The van der Waals surface area contributed by atoms with E-state index in [0.29, 0.717) is 0 Å². The molecule has 5 nitrogen and oxygen atoms in total. The number of hydrogen-bond donors (Lipinski definition) is 4. The van der Waals surface area contributed by atoms with Crippen LogP contribution in [0.1, 0.15) is 13.8 Å². The molecule has 0 aliphatic carbocycles. The minimum atomic E-state index is -1.08. The number of aliphatic carboxylic acids is 1. The Morgan fingerprint density at radius 1 is 1.64 bits per heavy atom. The topological polar surface area (TPSA) is 92.4 Å². The third-order valence-electron chi connectivity index (χ3n) is 1.73. The molecule has 0 fully saturated rings. The molecule has 0 heterocycles. The first kappa shape index (κ1) is 11.3. The molecule has 14 heavy (non-hydrogen) atoms. The summed E-state index contributed by atoms with van der Waals surface area (Å²) >= 11 is 3.87. The fourth-order valence-electron chi connectivity index (χ4n) is 0.850. The highest BCUT2D eigenvalue weighted by atomic mass is 32.1. The Labute approximate surface area is 89.9 Å². The number of hydrogen-bond acceptors (Lipinski definition) is 4. The second kappa shape index (κ2) is 5.87. The molecule has 0 aromatic heterocycles. The van der Waals surface area contributed by atoms with Crippen LogP contribution in [0.15, 0.2) is 0 Å². The molecule has 0 spiro atoms. The molecule has 0 aliphatic rings. The number of amides is 1. The van der Waals surface area contributed by atoms with Crippen molar-refractivity contribution in [2.45, 2.75) is 25.9 Å². The van der Waals surface area contributed by atoms with Gasteiger partial charge in [0.05, 0.1) is 6.04 Å². The largest absolute Gasteiger partial charge is 0.480 e. The van der Waals surface area contributed by atoms with E-state index in [-0.39, 0.29) is 11.7 Å². The van der Waals surface area contributed by atoms with Gasteiger partial charge in [0.2, 0.25) is 5.91 Å². The Kier molecular flexibility index (Phi) is 4.75. The van der Waals surface area contributed by atoms with Gasteiger partial charge in [0.1, 0.15) is 7.45 Å². The van der Waals surface area contributed by atoms with Crippen LogP contribution in [0.5, 0.6) is 0 Å². The summed E-state index contributed by atoms with van der Waals surface area (Å²) in [7, 11) is 0. The Bertz CT molecular complexity index is 234. The van der Waals surface area contributed by atoms with Crippen molar-refractivity contribution in [3.05, 3.63) is 0 Å². The van der Waals surface area contributed by atoms with E-state index in [1.165, 1.54) is 0 Å². The fourth-order valence-corrected chi connectivity index (χ4v) is 1.02. The minimum absolute atomic E-state index is 0.139. The maximum Gasteiger partial charge on any atom is 0.326 e. The van der Waals surface area contributed by atoms with Gasteiger partial charge in [0.25, 0.3) is 0 Å². The van der Waals surface area contributed by atoms with E-state index in [1.54, 1.807) is 13.8 Å². The van der Waals surface area contributed by atoms with Gasteiger partial charge >= 0.3 is 5.97 Å². The lowest BCUT2D eigenvalue weighted by Crippen LogP contribution is -2.51. The molecule has 2 atom stereocenters. The summed E-state index contributed by atoms with van der Waals surface area (Å²) in [6, 6.07) is -1.73. The third-order valence-corrected chi connectivity index (χ3v) is 2.09. The van der Waals surface area contributed by atoms with Crippen molar-refractivity contribution >= 4 is 24.5 Å². The second-order valence-electron chi connectivity index (χ2n) is 3.30. The van der Waals surface area contributed by atoms with Gasteiger partial charge in [0.15, 0.2) is 0 Å². The molecule has 0 aromatic carbocycles. The molecular formula is C8H16N2O3S. The first-order valence-corrected chi connectivity index (χ1v) is 4.88. The van der Waals surface area contributed by atoms with Crippen molar-refractivity contribution in [1.82, 2.24) is 5.32 Å². The Hall–Kier alpha value is -0.750. The van der Waals surface area contributed by atoms with E-state index in [0.717, 1.165) is 0 Å². The number of thiol groups is 1.